The van der Waals surface area contributed by atoms with E-state index in [1.807, 2.05) is 13.8 Å². The molecule has 1 rings (SSSR count). The van der Waals surface area contributed by atoms with E-state index >= 15 is 0 Å². The zero-order chi connectivity index (χ0) is 9.72. The van der Waals surface area contributed by atoms with Crippen LogP contribution in [0.1, 0.15) is 13.8 Å². The first-order valence-electron chi connectivity index (χ1n) is 3.67. The summed E-state index contributed by atoms with van der Waals surface area (Å²) in [4.78, 5) is 23.3. The Labute approximate surface area is 69.8 Å². The minimum atomic E-state index is -0.495. The van der Waals surface area contributed by atoms with Gasteiger partial charge in [0.05, 0.1) is 0 Å². The van der Waals surface area contributed by atoms with Gasteiger partial charge in [0.2, 0.25) is 0 Å². The Balaban J connectivity index is 0.000000561. The number of nitrogens with zero attached hydrogens (tertiary/aromatic N) is 1. The highest BCUT2D eigenvalue weighted by Crippen LogP contribution is 1.85. The number of hydrogen-bond donors (Lipinski definition) is 2. The molecule has 0 aliphatic carbocycles. The van der Waals surface area contributed by atoms with Crippen LogP contribution in [0.5, 0.6) is 0 Å². The second-order valence-electron chi connectivity index (χ2n) is 1.92. The van der Waals surface area contributed by atoms with Crippen LogP contribution in [0.15, 0.2) is 15.7 Å². The fourth-order valence-electron chi connectivity index (χ4n) is 0.574. The van der Waals surface area contributed by atoms with Crippen molar-refractivity contribution < 1.29 is 0 Å². The van der Waals surface area contributed by atoms with E-state index in [1.165, 1.54) is 7.05 Å². The molecule has 1 aromatic rings. The van der Waals surface area contributed by atoms with Gasteiger partial charge in [0, 0.05) is 13.1 Å². The van der Waals surface area contributed by atoms with Crippen LogP contribution in [0.3, 0.4) is 0 Å². The monoisotopic (exact) mass is 171 g/mol. The van der Waals surface area contributed by atoms with E-state index < -0.39 is 11.2 Å². The van der Waals surface area contributed by atoms with Crippen molar-refractivity contribution in [1.82, 2.24) is 9.55 Å². The van der Waals surface area contributed by atoms with Crippen LogP contribution in [0.2, 0.25) is 0 Å². The fourth-order valence-corrected chi connectivity index (χ4v) is 0.574. The smallest absolute Gasteiger partial charge is 0.329 e. The minimum absolute atomic E-state index is 0.161. The molecule has 0 spiro atoms. The molecule has 0 saturated carbocycles. The van der Waals surface area contributed by atoms with E-state index in [2.05, 4.69) is 4.98 Å². The van der Waals surface area contributed by atoms with E-state index in [4.69, 9.17) is 5.73 Å². The van der Waals surface area contributed by atoms with Crippen molar-refractivity contribution in [3.63, 3.8) is 0 Å². The predicted octanol–water partition coefficient (Wildman–Crippen LogP) is -0.318. The molecule has 1 aromatic heterocycles. The second-order valence-corrected chi connectivity index (χ2v) is 1.92. The van der Waals surface area contributed by atoms with Gasteiger partial charge in [-0.2, -0.15) is 0 Å². The Morgan fingerprint density at radius 3 is 2.33 bits per heavy atom. The zero-order valence-electron chi connectivity index (χ0n) is 7.42. The molecular weight excluding hydrogens is 158 g/mol. The van der Waals surface area contributed by atoms with E-state index in [0.29, 0.717) is 0 Å². The molecule has 0 amide bonds. The Bertz CT molecular complexity index is 350. The first kappa shape index (κ1) is 10.5. The summed E-state index contributed by atoms with van der Waals surface area (Å²) >= 11 is 0. The number of hydrogen-bond acceptors (Lipinski definition) is 3. The molecule has 1 heterocycles. The molecule has 0 radical (unpaired) electrons. The summed E-state index contributed by atoms with van der Waals surface area (Å²) in [5.41, 5.74) is 4.30. The van der Waals surface area contributed by atoms with E-state index in [9.17, 15) is 9.59 Å². The summed E-state index contributed by atoms with van der Waals surface area (Å²) in [7, 11) is 1.48. The third-order valence-corrected chi connectivity index (χ3v) is 1.20. The lowest BCUT2D eigenvalue weighted by Crippen LogP contribution is -2.29. The number of aromatic nitrogens is 2. The number of anilines is 1. The van der Waals surface area contributed by atoms with Gasteiger partial charge in [-0.1, -0.05) is 13.8 Å². The van der Waals surface area contributed by atoms with E-state index in [-0.39, 0.29) is 5.82 Å². The van der Waals surface area contributed by atoms with E-state index in [1.54, 1.807) is 0 Å². The number of aromatic amines is 1. The normalized spacial score (nSPS) is 8.58. The molecule has 0 aliphatic rings. The fraction of sp³-hybridized carbons (Fsp3) is 0.429. The molecule has 12 heavy (non-hydrogen) atoms. The summed E-state index contributed by atoms with van der Waals surface area (Å²) in [5.74, 6) is 0.161. The maximum absolute atomic E-state index is 10.7. The molecule has 0 aromatic carbocycles. The van der Waals surface area contributed by atoms with Gasteiger partial charge in [-0.25, -0.2) is 4.79 Å². The van der Waals surface area contributed by atoms with Gasteiger partial charge in [0.25, 0.3) is 5.56 Å². The van der Waals surface area contributed by atoms with Crippen molar-refractivity contribution in [2.75, 3.05) is 5.73 Å². The molecule has 0 saturated heterocycles. The quantitative estimate of drug-likeness (QED) is 0.561. The molecule has 0 unspecified atom stereocenters. The molecule has 0 fully saturated rings. The molecule has 68 valence electrons. The van der Waals surface area contributed by atoms with Gasteiger partial charge in [-0.3, -0.25) is 14.3 Å². The molecule has 0 atom stereocenters. The Hall–Kier alpha value is -1.52. The maximum atomic E-state index is 10.7. The SMILES string of the molecule is CC.Cn1c(N)cc(=O)[nH]c1=O. The van der Waals surface area contributed by atoms with Crippen LogP contribution in [0.25, 0.3) is 0 Å². The van der Waals surface area contributed by atoms with Crippen molar-refractivity contribution in [3.8, 4) is 0 Å². The van der Waals surface area contributed by atoms with Crippen molar-refractivity contribution in [2.45, 2.75) is 13.8 Å². The largest absolute Gasteiger partial charge is 0.385 e. The lowest BCUT2D eigenvalue weighted by molar-refractivity contribution is 0.813. The topological polar surface area (TPSA) is 80.9 Å². The highest BCUT2D eigenvalue weighted by Gasteiger charge is 1.94. The number of H-pyrrole nitrogens is 1. The van der Waals surface area contributed by atoms with Gasteiger partial charge >= 0.3 is 5.69 Å². The van der Waals surface area contributed by atoms with Crippen LogP contribution in [0, 0.1) is 0 Å². The van der Waals surface area contributed by atoms with Crippen LogP contribution in [0.4, 0.5) is 5.82 Å². The third kappa shape index (κ3) is 2.26. The second kappa shape index (κ2) is 4.38. The summed E-state index contributed by atoms with van der Waals surface area (Å²) < 4.78 is 1.15. The first-order valence-corrected chi connectivity index (χ1v) is 3.67. The Kier molecular flexibility index (Phi) is 3.82. The van der Waals surface area contributed by atoms with Gasteiger partial charge in [-0.05, 0) is 0 Å². The molecule has 5 nitrogen and oxygen atoms in total. The molecule has 5 heteroatoms. The maximum Gasteiger partial charge on any atom is 0.329 e. The van der Waals surface area contributed by atoms with Gasteiger partial charge < -0.3 is 5.73 Å². The Morgan fingerprint density at radius 2 is 1.92 bits per heavy atom. The average Bonchev–Trinajstić information content (AvgIpc) is 2.04. The van der Waals surface area contributed by atoms with Crippen molar-refractivity contribution in [3.05, 3.63) is 26.9 Å². The number of nitrogens with one attached hydrogen (secondary N) is 1. The van der Waals surface area contributed by atoms with Crippen LogP contribution in [-0.2, 0) is 7.05 Å². The van der Waals surface area contributed by atoms with Gasteiger partial charge in [-0.15, -0.1) is 0 Å². The van der Waals surface area contributed by atoms with Gasteiger partial charge in [0.1, 0.15) is 5.82 Å². The molecule has 0 aliphatic heterocycles. The predicted molar refractivity (Wildman–Crippen MR) is 48.1 cm³/mol. The summed E-state index contributed by atoms with van der Waals surface area (Å²) in [6.07, 6.45) is 0. The minimum Gasteiger partial charge on any atom is -0.385 e. The highest BCUT2D eigenvalue weighted by molar-refractivity contribution is 5.25. The highest BCUT2D eigenvalue weighted by atomic mass is 16.2. The standard InChI is InChI=1S/C5H7N3O2.C2H6/c1-8-3(6)2-4(9)7-5(8)10;1-2/h2H,6H2,1H3,(H,7,9,10);1-2H3. The lowest BCUT2D eigenvalue weighted by Gasteiger charge is -1.97. The van der Waals surface area contributed by atoms with Gasteiger partial charge in [0.15, 0.2) is 0 Å². The first-order chi connectivity index (χ1) is 5.61. The van der Waals surface area contributed by atoms with Crippen molar-refractivity contribution in [1.29, 1.82) is 0 Å². The lowest BCUT2D eigenvalue weighted by atomic mass is 10.6. The summed E-state index contributed by atoms with van der Waals surface area (Å²) in [5, 5.41) is 0. The van der Waals surface area contributed by atoms with E-state index in [0.717, 1.165) is 10.6 Å². The summed E-state index contributed by atoms with van der Waals surface area (Å²) in [6.45, 7) is 4.00. The molecule has 3 N–H and O–H groups in total. The summed E-state index contributed by atoms with van der Waals surface area (Å²) in [6, 6.07) is 1.15. The zero-order valence-corrected chi connectivity index (χ0v) is 7.42. The number of rotatable bonds is 0. The number of nitrogen functional groups attached to an aromatic ring is 1. The van der Waals surface area contributed by atoms with Crippen LogP contribution in [-0.4, -0.2) is 9.55 Å². The average molecular weight is 171 g/mol. The molecular formula is C7H13N3O2. The molecule has 0 bridgehead atoms. The van der Waals surface area contributed by atoms with Crippen molar-refractivity contribution >= 4 is 5.82 Å². The van der Waals surface area contributed by atoms with Crippen molar-refractivity contribution in [2.24, 2.45) is 7.05 Å². The Morgan fingerprint density at radius 1 is 1.42 bits per heavy atom. The third-order valence-electron chi connectivity index (χ3n) is 1.20. The van der Waals surface area contributed by atoms with Crippen LogP contribution < -0.4 is 17.0 Å². The number of nitrogens with two attached hydrogens (primary N) is 1. The van der Waals surface area contributed by atoms with Crippen LogP contribution >= 0.6 is 0 Å².